The lowest BCUT2D eigenvalue weighted by atomic mass is 9.95. The SMILES string of the molecule is COC(=O)c1cc(CSc2nnc(-c3ccc(OC)cc3)n2C2CCCCC2)oc1C. The lowest BCUT2D eigenvalue weighted by Crippen LogP contribution is -2.15. The third kappa shape index (κ3) is 4.63. The van der Waals surface area contributed by atoms with Crippen molar-refractivity contribution in [1.82, 2.24) is 14.8 Å². The number of thioether (sulfide) groups is 1. The molecular formula is C23H27N3O4S. The zero-order chi connectivity index (χ0) is 21.8. The van der Waals surface area contributed by atoms with Gasteiger partial charge in [-0.25, -0.2) is 4.79 Å². The first-order chi connectivity index (χ1) is 15.1. The molecule has 1 aliphatic carbocycles. The molecule has 31 heavy (non-hydrogen) atoms. The summed E-state index contributed by atoms with van der Waals surface area (Å²) in [7, 11) is 3.03. The molecule has 1 aromatic carbocycles. The number of aryl methyl sites for hydroxylation is 1. The first kappa shape index (κ1) is 21.5. The monoisotopic (exact) mass is 441 g/mol. The first-order valence-electron chi connectivity index (χ1n) is 10.5. The highest BCUT2D eigenvalue weighted by molar-refractivity contribution is 7.98. The third-order valence-electron chi connectivity index (χ3n) is 5.67. The molecular weight excluding hydrogens is 414 g/mol. The second-order valence-corrected chi connectivity index (χ2v) is 8.60. The quantitative estimate of drug-likeness (QED) is 0.357. The Kier molecular flexibility index (Phi) is 6.65. The van der Waals surface area contributed by atoms with Crippen molar-refractivity contribution < 1.29 is 18.7 Å². The number of carbonyl (C=O) groups is 1. The lowest BCUT2D eigenvalue weighted by molar-refractivity contribution is 0.0599. The molecule has 0 unspecified atom stereocenters. The van der Waals surface area contributed by atoms with Crippen molar-refractivity contribution in [2.24, 2.45) is 0 Å². The van der Waals surface area contributed by atoms with Crippen molar-refractivity contribution in [2.75, 3.05) is 14.2 Å². The van der Waals surface area contributed by atoms with Crippen molar-refractivity contribution >= 4 is 17.7 Å². The van der Waals surface area contributed by atoms with E-state index < -0.39 is 0 Å². The molecule has 0 saturated heterocycles. The average molecular weight is 442 g/mol. The van der Waals surface area contributed by atoms with E-state index in [4.69, 9.17) is 13.9 Å². The topological polar surface area (TPSA) is 79.4 Å². The average Bonchev–Trinajstić information content (AvgIpc) is 3.41. The number of rotatable bonds is 7. The van der Waals surface area contributed by atoms with Crippen molar-refractivity contribution in [3.05, 3.63) is 47.4 Å². The smallest absolute Gasteiger partial charge is 0.341 e. The van der Waals surface area contributed by atoms with E-state index in [1.165, 1.54) is 26.4 Å². The fourth-order valence-corrected chi connectivity index (χ4v) is 4.93. The summed E-state index contributed by atoms with van der Waals surface area (Å²) >= 11 is 1.58. The number of ether oxygens (including phenoxy) is 2. The number of hydrogen-bond donors (Lipinski definition) is 0. The molecule has 0 spiro atoms. The highest BCUT2D eigenvalue weighted by Crippen LogP contribution is 2.37. The fourth-order valence-electron chi connectivity index (χ4n) is 4.04. The number of methoxy groups -OCH3 is 2. The van der Waals surface area contributed by atoms with E-state index in [0.29, 0.717) is 28.9 Å². The van der Waals surface area contributed by atoms with Crippen LogP contribution in [0.15, 0.2) is 39.9 Å². The number of benzene rings is 1. The summed E-state index contributed by atoms with van der Waals surface area (Å²) in [6.45, 7) is 1.77. The van der Waals surface area contributed by atoms with Crippen LogP contribution in [0, 0.1) is 6.92 Å². The van der Waals surface area contributed by atoms with Crippen LogP contribution in [0.4, 0.5) is 0 Å². The molecule has 0 atom stereocenters. The van der Waals surface area contributed by atoms with Gasteiger partial charge in [0.15, 0.2) is 11.0 Å². The van der Waals surface area contributed by atoms with Crippen LogP contribution >= 0.6 is 11.8 Å². The molecule has 2 heterocycles. The van der Waals surface area contributed by atoms with Gasteiger partial charge < -0.3 is 13.9 Å². The summed E-state index contributed by atoms with van der Waals surface area (Å²) < 4.78 is 18.2. The van der Waals surface area contributed by atoms with Gasteiger partial charge in [-0.05, 0) is 50.1 Å². The summed E-state index contributed by atoms with van der Waals surface area (Å²) in [6.07, 6.45) is 5.97. The van der Waals surface area contributed by atoms with E-state index in [-0.39, 0.29) is 5.97 Å². The number of hydrogen-bond acceptors (Lipinski definition) is 7. The van der Waals surface area contributed by atoms with Crippen LogP contribution in [0.1, 0.15) is 60.0 Å². The molecule has 7 nitrogen and oxygen atoms in total. The highest BCUT2D eigenvalue weighted by Gasteiger charge is 2.24. The molecule has 8 heteroatoms. The van der Waals surface area contributed by atoms with Crippen LogP contribution < -0.4 is 4.74 Å². The van der Waals surface area contributed by atoms with Crippen LogP contribution in [-0.2, 0) is 10.5 Å². The largest absolute Gasteiger partial charge is 0.497 e. The maximum Gasteiger partial charge on any atom is 0.341 e. The third-order valence-corrected chi connectivity index (χ3v) is 6.64. The lowest BCUT2D eigenvalue weighted by Gasteiger charge is -2.25. The van der Waals surface area contributed by atoms with Crippen LogP contribution in [0.3, 0.4) is 0 Å². The van der Waals surface area contributed by atoms with Gasteiger partial charge in [0, 0.05) is 11.6 Å². The molecule has 1 aliphatic rings. The number of furan rings is 1. The van der Waals surface area contributed by atoms with Gasteiger partial charge in [0.25, 0.3) is 0 Å². The Hall–Kier alpha value is -2.74. The Morgan fingerprint density at radius 1 is 1.16 bits per heavy atom. The summed E-state index contributed by atoms with van der Waals surface area (Å²) in [5.41, 5.74) is 1.48. The Labute approximate surface area is 186 Å². The molecule has 0 amide bonds. The molecule has 0 radical (unpaired) electrons. The molecule has 2 aromatic heterocycles. The zero-order valence-corrected chi connectivity index (χ0v) is 18.9. The summed E-state index contributed by atoms with van der Waals surface area (Å²) in [6, 6.07) is 10.1. The molecule has 0 bridgehead atoms. The van der Waals surface area contributed by atoms with E-state index in [9.17, 15) is 4.79 Å². The van der Waals surface area contributed by atoms with Crippen LogP contribution in [0.2, 0.25) is 0 Å². The highest BCUT2D eigenvalue weighted by atomic mass is 32.2. The maximum atomic E-state index is 11.9. The zero-order valence-electron chi connectivity index (χ0n) is 18.1. The predicted octanol–water partition coefficient (Wildman–Crippen LogP) is 5.44. The Morgan fingerprint density at radius 3 is 2.58 bits per heavy atom. The van der Waals surface area contributed by atoms with Gasteiger partial charge in [-0.2, -0.15) is 0 Å². The first-order valence-corrected chi connectivity index (χ1v) is 11.5. The standard InChI is InChI=1S/C23H27N3O4S/c1-15-20(22(27)29-3)13-19(30-15)14-31-23-25-24-21(16-9-11-18(28-2)12-10-16)26(23)17-7-5-4-6-8-17/h9-13,17H,4-8,14H2,1-3H3. The Bertz CT molecular complexity index is 1040. The minimum absolute atomic E-state index is 0.382. The molecule has 1 saturated carbocycles. The van der Waals surface area contributed by atoms with Gasteiger partial charge in [0.2, 0.25) is 0 Å². The number of esters is 1. The van der Waals surface area contributed by atoms with Crippen molar-refractivity contribution in [3.8, 4) is 17.1 Å². The van der Waals surface area contributed by atoms with E-state index in [2.05, 4.69) is 14.8 Å². The van der Waals surface area contributed by atoms with Crippen LogP contribution in [0.25, 0.3) is 11.4 Å². The van der Waals surface area contributed by atoms with Gasteiger partial charge in [0.05, 0.1) is 20.0 Å². The van der Waals surface area contributed by atoms with Gasteiger partial charge in [0.1, 0.15) is 22.8 Å². The van der Waals surface area contributed by atoms with E-state index in [1.54, 1.807) is 31.9 Å². The Morgan fingerprint density at radius 2 is 1.90 bits per heavy atom. The second-order valence-electron chi connectivity index (χ2n) is 7.66. The molecule has 3 aromatic rings. The van der Waals surface area contributed by atoms with Gasteiger partial charge in [-0.15, -0.1) is 10.2 Å². The van der Waals surface area contributed by atoms with Crippen molar-refractivity contribution in [2.45, 2.75) is 56.0 Å². The van der Waals surface area contributed by atoms with Gasteiger partial charge >= 0.3 is 5.97 Å². The minimum Gasteiger partial charge on any atom is -0.497 e. The fraction of sp³-hybridized carbons (Fsp3) is 0.435. The Balaban J connectivity index is 1.61. The predicted molar refractivity (Wildman–Crippen MR) is 118 cm³/mol. The molecule has 4 rings (SSSR count). The molecule has 164 valence electrons. The maximum absolute atomic E-state index is 11.9. The summed E-state index contributed by atoms with van der Waals surface area (Å²) in [5.74, 6) is 3.15. The number of aromatic nitrogens is 3. The normalized spacial score (nSPS) is 14.5. The van der Waals surface area contributed by atoms with Crippen LogP contribution in [-0.4, -0.2) is 35.0 Å². The molecule has 0 N–H and O–H groups in total. The van der Waals surface area contributed by atoms with Gasteiger partial charge in [-0.3, -0.25) is 4.57 Å². The van der Waals surface area contributed by atoms with E-state index in [0.717, 1.165) is 35.1 Å². The summed E-state index contributed by atoms with van der Waals surface area (Å²) in [4.78, 5) is 11.9. The van der Waals surface area contributed by atoms with Crippen molar-refractivity contribution in [3.63, 3.8) is 0 Å². The van der Waals surface area contributed by atoms with E-state index >= 15 is 0 Å². The number of nitrogens with zero attached hydrogens (tertiary/aromatic N) is 3. The number of carbonyl (C=O) groups excluding carboxylic acids is 1. The molecule has 1 fully saturated rings. The van der Waals surface area contributed by atoms with Crippen molar-refractivity contribution in [1.29, 1.82) is 0 Å². The van der Waals surface area contributed by atoms with Gasteiger partial charge in [-0.1, -0.05) is 31.0 Å². The molecule has 0 aliphatic heterocycles. The van der Waals surface area contributed by atoms with Crippen LogP contribution in [0.5, 0.6) is 5.75 Å². The minimum atomic E-state index is -0.385. The second kappa shape index (κ2) is 9.60. The summed E-state index contributed by atoms with van der Waals surface area (Å²) in [5, 5.41) is 9.92. The van der Waals surface area contributed by atoms with E-state index in [1.807, 2.05) is 24.3 Å².